The molecule has 0 heterocycles. The SMILES string of the molecule is CCCN(C)CCNS. The highest BCUT2D eigenvalue weighted by atomic mass is 32.1. The molecule has 0 aromatic carbocycles. The van der Waals surface area contributed by atoms with Gasteiger partial charge in [0.1, 0.15) is 0 Å². The Morgan fingerprint density at radius 3 is 2.56 bits per heavy atom. The first-order chi connectivity index (χ1) is 4.31. The summed E-state index contributed by atoms with van der Waals surface area (Å²) in [6, 6.07) is 0. The van der Waals surface area contributed by atoms with Gasteiger partial charge in [-0.15, -0.1) is 0 Å². The van der Waals surface area contributed by atoms with Crippen molar-refractivity contribution in [2.24, 2.45) is 0 Å². The van der Waals surface area contributed by atoms with E-state index in [0.29, 0.717) is 0 Å². The van der Waals surface area contributed by atoms with Crippen molar-refractivity contribution in [3.63, 3.8) is 0 Å². The third kappa shape index (κ3) is 6.15. The minimum absolute atomic E-state index is 0.958. The highest BCUT2D eigenvalue weighted by Gasteiger charge is 1.92. The van der Waals surface area contributed by atoms with Crippen LogP contribution in [0.3, 0.4) is 0 Å². The van der Waals surface area contributed by atoms with Crippen LogP contribution in [0.1, 0.15) is 13.3 Å². The van der Waals surface area contributed by atoms with Gasteiger partial charge in [0.15, 0.2) is 0 Å². The van der Waals surface area contributed by atoms with Crippen LogP contribution < -0.4 is 4.72 Å². The average Bonchev–Trinajstić information content (AvgIpc) is 1.85. The Bertz CT molecular complexity index is 59.0. The summed E-state index contributed by atoms with van der Waals surface area (Å²) in [6.45, 7) is 5.40. The van der Waals surface area contributed by atoms with Gasteiger partial charge in [-0.05, 0) is 20.0 Å². The summed E-state index contributed by atoms with van der Waals surface area (Å²) in [5.74, 6) is 0. The van der Waals surface area contributed by atoms with E-state index >= 15 is 0 Å². The van der Waals surface area contributed by atoms with E-state index in [4.69, 9.17) is 0 Å². The predicted molar refractivity (Wildman–Crippen MR) is 44.8 cm³/mol. The van der Waals surface area contributed by atoms with Gasteiger partial charge in [-0.3, -0.25) is 4.72 Å². The van der Waals surface area contributed by atoms with Crippen LogP contribution in [-0.4, -0.2) is 31.6 Å². The van der Waals surface area contributed by atoms with Gasteiger partial charge in [-0.2, -0.15) is 0 Å². The van der Waals surface area contributed by atoms with Crippen molar-refractivity contribution in [3.05, 3.63) is 0 Å². The lowest BCUT2D eigenvalue weighted by Gasteiger charge is -2.13. The first-order valence-corrected chi connectivity index (χ1v) is 3.81. The van der Waals surface area contributed by atoms with Crippen molar-refractivity contribution in [2.45, 2.75) is 13.3 Å². The first-order valence-electron chi connectivity index (χ1n) is 3.36. The minimum atomic E-state index is 0.958. The zero-order valence-electron chi connectivity index (χ0n) is 6.22. The second-order valence-electron chi connectivity index (χ2n) is 2.21. The molecule has 0 spiro atoms. The van der Waals surface area contributed by atoms with Crippen LogP contribution in [0.4, 0.5) is 0 Å². The smallest absolute Gasteiger partial charge is 0.0184 e. The Labute approximate surface area is 63.2 Å². The van der Waals surface area contributed by atoms with E-state index in [0.717, 1.165) is 13.1 Å². The van der Waals surface area contributed by atoms with E-state index < -0.39 is 0 Å². The number of rotatable bonds is 5. The lowest BCUT2D eigenvalue weighted by Crippen LogP contribution is -2.26. The first kappa shape index (κ1) is 9.27. The Morgan fingerprint density at radius 2 is 2.11 bits per heavy atom. The largest absolute Gasteiger partial charge is 0.305 e. The molecule has 0 bridgehead atoms. The Morgan fingerprint density at radius 1 is 1.44 bits per heavy atom. The molecule has 2 nitrogen and oxygen atoms in total. The summed E-state index contributed by atoms with van der Waals surface area (Å²) in [7, 11) is 2.12. The molecule has 0 aromatic heterocycles. The fourth-order valence-corrected chi connectivity index (χ4v) is 0.834. The van der Waals surface area contributed by atoms with Gasteiger partial charge in [0.2, 0.25) is 0 Å². The van der Waals surface area contributed by atoms with Crippen molar-refractivity contribution in [3.8, 4) is 0 Å². The Kier molecular flexibility index (Phi) is 6.58. The lowest BCUT2D eigenvalue weighted by atomic mass is 10.4. The van der Waals surface area contributed by atoms with Gasteiger partial charge < -0.3 is 4.90 Å². The number of hydrogen-bond acceptors (Lipinski definition) is 3. The monoisotopic (exact) mass is 148 g/mol. The van der Waals surface area contributed by atoms with Gasteiger partial charge in [0.05, 0.1) is 0 Å². The third-order valence-electron chi connectivity index (χ3n) is 1.21. The molecule has 0 rings (SSSR count). The molecule has 0 aromatic rings. The van der Waals surface area contributed by atoms with E-state index in [2.05, 4.69) is 36.4 Å². The van der Waals surface area contributed by atoms with Crippen LogP contribution in [-0.2, 0) is 0 Å². The van der Waals surface area contributed by atoms with Gasteiger partial charge in [-0.1, -0.05) is 19.7 Å². The molecular formula is C6H16N2S. The van der Waals surface area contributed by atoms with Crippen molar-refractivity contribution >= 4 is 12.8 Å². The molecule has 0 aliphatic heterocycles. The van der Waals surface area contributed by atoms with E-state index in [9.17, 15) is 0 Å². The van der Waals surface area contributed by atoms with Gasteiger partial charge in [-0.25, -0.2) is 0 Å². The summed E-state index contributed by atoms with van der Waals surface area (Å²) in [5, 5.41) is 0. The zero-order chi connectivity index (χ0) is 7.11. The maximum atomic E-state index is 3.89. The number of hydrogen-bond donors (Lipinski definition) is 2. The molecule has 0 radical (unpaired) electrons. The predicted octanol–water partition coefficient (Wildman–Crippen LogP) is 0.763. The van der Waals surface area contributed by atoms with E-state index in [-0.39, 0.29) is 0 Å². The summed E-state index contributed by atoms with van der Waals surface area (Å²) in [4.78, 5) is 2.28. The van der Waals surface area contributed by atoms with Crippen LogP contribution in [0.5, 0.6) is 0 Å². The molecule has 0 saturated heterocycles. The molecule has 1 N–H and O–H groups in total. The maximum absolute atomic E-state index is 3.89. The summed E-state index contributed by atoms with van der Waals surface area (Å²) >= 11 is 3.89. The van der Waals surface area contributed by atoms with Gasteiger partial charge >= 0.3 is 0 Å². The van der Waals surface area contributed by atoms with Gasteiger partial charge in [0.25, 0.3) is 0 Å². The number of nitrogens with zero attached hydrogens (tertiary/aromatic N) is 1. The molecule has 0 saturated carbocycles. The number of likely N-dealkylation sites (N-methyl/N-ethyl adjacent to an activating group) is 1. The molecule has 0 atom stereocenters. The molecular weight excluding hydrogens is 132 g/mol. The van der Waals surface area contributed by atoms with Crippen molar-refractivity contribution < 1.29 is 0 Å². The molecule has 0 fully saturated rings. The quantitative estimate of drug-likeness (QED) is 0.560. The second kappa shape index (κ2) is 6.39. The topological polar surface area (TPSA) is 15.3 Å². The highest BCUT2D eigenvalue weighted by Crippen LogP contribution is 1.83. The Hall–Kier alpha value is 0.270. The van der Waals surface area contributed by atoms with Crippen LogP contribution in [0.2, 0.25) is 0 Å². The summed E-state index contributed by atoms with van der Waals surface area (Å²) < 4.78 is 2.81. The molecule has 0 amide bonds. The second-order valence-corrected chi connectivity index (χ2v) is 2.53. The van der Waals surface area contributed by atoms with Crippen LogP contribution in [0.25, 0.3) is 0 Å². The summed E-state index contributed by atoms with van der Waals surface area (Å²) in [6.07, 6.45) is 1.23. The Balaban J connectivity index is 2.95. The molecule has 0 unspecified atom stereocenters. The lowest BCUT2D eigenvalue weighted by molar-refractivity contribution is 0.341. The maximum Gasteiger partial charge on any atom is 0.0184 e. The third-order valence-corrected chi connectivity index (χ3v) is 1.43. The minimum Gasteiger partial charge on any atom is -0.305 e. The molecule has 9 heavy (non-hydrogen) atoms. The zero-order valence-corrected chi connectivity index (χ0v) is 7.12. The van der Waals surface area contributed by atoms with Gasteiger partial charge in [0, 0.05) is 13.1 Å². The van der Waals surface area contributed by atoms with E-state index in [1.165, 1.54) is 13.0 Å². The fraction of sp³-hybridized carbons (Fsp3) is 1.00. The van der Waals surface area contributed by atoms with Crippen LogP contribution in [0, 0.1) is 0 Å². The number of nitrogens with one attached hydrogen (secondary N) is 1. The van der Waals surface area contributed by atoms with Crippen molar-refractivity contribution in [2.75, 3.05) is 26.7 Å². The molecule has 0 aliphatic rings. The molecule has 0 aliphatic carbocycles. The van der Waals surface area contributed by atoms with Crippen molar-refractivity contribution in [1.82, 2.24) is 9.62 Å². The van der Waals surface area contributed by atoms with Crippen LogP contribution in [0.15, 0.2) is 0 Å². The van der Waals surface area contributed by atoms with E-state index in [1.807, 2.05) is 0 Å². The molecule has 56 valence electrons. The number of thiol groups is 1. The van der Waals surface area contributed by atoms with Crippen molar-refractivity contribution in [1.29, 1.82) is 0 Å². The normalized spacial score (nSPS) is 10.7. The fourth-order valence-electron chi connectivity index (χ4n) is 0.734. The van der Waals surface area contributed by atoms with Crippen LogP contribution >= 0.6 is 12.8 Å². The molecule has 3 heteroatoms. The summed E-state index contributed by atoms with van der Waals surface area (Å²) in [5.41, 5.74) is 0. The average molecular weight is 148 g/mol. The standard InChI is InChI=1S/C6H16N2S/c1-3-5-8(2)6-4-7-9/h7,9H,3-6H2,1-2H3. The van der Waals surface area contributed by atoms with E-state index in [1.54, 1.807) is 0 Å². The highest BCUT2D eigenvalue weighted by molar-refractivity contribution is 7.78.